The highest BCUT2D eigenvalue weighted by Crippen LogP contribution is 2.33. The average Bonchev–Trinajstić information content (AvgIpc) is 2.15. The van der Waals surface area contributed by atoms with Crippen molar-refractivity contribution >= 4 is 0 Å². The summed E-state index contributed by atoms with van der Waals surface area (Å²) >= 11 is 0. The lowest BCUT2D eigenvalue weighted by atomic mass is 9.81. The molecule has 0 spiro atoms. The maximum atomic E-state index is 5.86. The zero-order valence-electron chi connectivity index (χ0n) is 9.41. The summed E-state index contributed by atoms with van der Waals surface area (Å²) in [4.78, 5) is 2.64. The second kappa shape index (κ2) is 4.63. The lowest BCUT2D eigenvalue weighted by Gasteiger charge is -2.45. The molecule has 0 radical (unpaired) electrons. The van der Waals surface area contributed by atoms with Crippen LogP contribution in [-0.4, -0.2) is 30.6 Å². The van der Waals surface area contributed by atoms with Crippen LogP contribution in [0.25, 0.3) is 0 Å². The quantitative estimate of drug-likeness (QED) is 0.748. The van der Waals surface area contributed by atoms with Crippen LogP contribution < -0.4 is 5.73 Å². The maximum Gasteiger partial charge on any atom is 0.0135 e. The van der Waals surface area contributed by atoms with Gasteiger partial charge >= 0.3 is 0 Å². The molecule has 2 rings (SSSR count). The summed E-state index contributed by atoms with van der Waals surface area (Å²) < 4.78 is 0. The van der Waals surface area contributed by atoms with Gasteiger partial charge in [-0.05, 0) is 45.2 Å². The Hall–Kier alpha value is -0.0800. The molecule has 2 fully saturated rings. The third kappa shape index (κ3) is 1.96. The number of nitrogens with zero attached hydrogens (tertiary/aromatic N) is 1. The summed E-state index contributed by atoms with van der Waals surface area (Å²) in [6.45, 7) is 0.891. The number of nitrogens with two attached hydrogens (primary N) is 1. The lowest BCUT2D eigenvalue weighted by molar-refractivity contribution is 0.0556. The topological polar surface area (TPSA) is 29.3 Å². The molecule has 0 saturated heterocycles. The third-order valence-corrected chi connectivity index (χ3v) is 4.35. The summed E-state index contributed by atoms with van der Waals surface area (Å²) in [5, 5.41) is 0. The molecule has 0 heterocycles. The summed E-state index contributed by atoms with van der Waals surface area (Å²) in [6.07, 6.45) is 9.84. The van der Waals surface area contributed by atoms with Crippen molar-refractivity contribution in [1.82, 2.24) is 4.90 Å². The van der Waals surface area contributed by atoms with Gasteiger partial charge in [-0.3, -0.25) is 0 Å². The highest BCUT2D eigenvalue weighted by atomic mass is 15.2. The Balaban J connectivity index is 1.91. The minimum Gasteiger partial charge on any atom is -0.330 e. The van der Waals surface area contributed by atoms with Gasteiger partial charge in [-0.2, -0.15) is 0 Å². The van der Waals surface area contributed by atoms with Crippen LogP contribution in [0.15, 0.2) is 0 Å². The van der Waals surface area contributed by atoms with Crippen molar-refractivity contribution in [1.29, 1.82) is 0 Å². The molecule has 82 valence electrons. The van der Waals surface area contributed by atoms with E-state index in [0.717, 1.165) is 24.5 Å². The first-order chi connectivity index (χ1) is 6.83. The molecule has 0 amide bonds. The fourth-order valence-corrected chi connectivity index (χ4v) is 3.06. The van der Waals surface area contributed by atoms with E-state index in [0.29, 0.717) is 0 Å². The molecule has 0 aromatic heterocycles. The van der Waals surface area contributed by atoms with Crippen LogP contribution in [0, 0.1) is 5.92 Å². The van der Waals surface area contributed by atoms with E-state index in [-0.39, 0.29) is 0 Å². The normalized spacial score (nSPS) is 34.5. The Morgan fingerprint density at radius 1 is 1.07 bits per heavy atom. The van der Waals surface area contributed by atoms with Gasteiger partial charge in [-0.25, -0.2) is 0 Å². The van der Waals surface area contributed by atoms with E-state index in [1.165, 1.54) is 44.9 Å². The summed E-state index contributed by atoms with van der Waals surface area (Å²) in [6, 6.07) is 1.67. The Morgan fingerprint density at radius 3 is 2.36 bits per heavy atom. The molecule has 2 N–H and O–H groups in total. The third-order valence-electron chi connectivity index (χ3n) is 4.35. The molecule has 0 aromatic rings. The van der Waals surface area contributed by atoms with Crippen molar-refractivity contribution in [2.75, 3.05) is 13.6 Å². The van der Waals surface area contributed by atoms with Crippen molar-refractivity contribution in [2.45, 2.75) is 57.0 Å². The number of hydrogen-bond acceptors (Lipinski definition) is 2. The predicted molar refractivity (Wildman–Crippen MR) is 60.2 cm³/mol. The van der Waals surface area contributed by atoms with E-state index in [2.05, 4.69) is 11.9 Å². The van der Waals surface area contributed by atoms with Crippen LogP contribution in [0.3, 0.4) is 0 Å². The van der Waals surface area contributed by atoms with Gasteiger partial charge in [0.1, 0.15) is 0 Å². The Morgan fingerprint density at radius 2 is 1.79 bits per heavy atom. The molecule has 2 heteroatoms. The largest absolute Gasteiger partial charge is 0.330 e. The van der Waals surface area contributed by atoms with Crippen LogP contribution in [0.1, 0.15) is 44.9 Å². The fraction of sp³-hybridized carbons (Fsp3) is 1.00. The van der Waals surface area contributed by atoms with E-state index in [1.54, 1.807) is 0 Å². The average molecular weight is 196 g/mol. The smallest absolute Gasteiger partial charge is 0.0135 e. The van der Waals surface area contributed by atoms with E-state index in [4.69, 9.17) is 5.73 Å². The fourth-order valence-electron chi connectivity index (χ4n) is 3.06. The van der Waals surface area contributed by atoms with Crippen LogP contribution in [0.2, 0.25) is 0 Å². The first kappa shape index (κ1) is 10.4. The SMILES string of the molecule is CN(C1CCC1)C1CCCCC1CN. The Bertz CT molecular complexity index is 177. The van der Waals surface area contributed by atoms with Gasteiger partial charge in [0.25, 0.3) is 0 Å². The number of rotatable bonds is 3. The van der Waals surface area contributed by atoms with Crippen molar-refractivity contribution < 1.29 is 0 Å². The van der Waals surface area contributed by atoms with Gasteiger partial charge in [0, 0.05) is 12.1 Å². The van der Waals surface area contributed by atoms with Crippen molar-refractivity contribution in [3.63, 3.8) is 0 Å². The maximum absolute atomic E-state index is 5.86. The molecule has 0 aromatic carbocycles. The lowest BCUT2D eigenvalue weighted by Crippen LogP contribution is -2.49. The van der Waals surface area contributed by atoms with Crippen molar-refractivity contribution in [3.8, 4) is 0 Å². The van der Waals surface area contributed by atoms with E-state index in [1.807, 2.05) is 0 Å². The molecule has 0 aliphatic heterocycles. The molecule has 2 aliphatic carbocycles. The summed E-state index contributed by atoms with van der Waals surface area (Å²) in [5.74, 6) is 0.773. The van der Waals surface area contributed by atoms with Crippen LogP contribution in [0.5, 0.6) is 0 Å². The van der Waals surface area contributed by atoms with E-state index in [9.17, 15) is 0 Å². The zero-order chi connectivity index (χ0) is 9.97. The van der Waals surface area contributed by atoms with Crippen LogP contribution >= 0.6 is 0 Å². The molecular formula is C12H24N2. The van der Waals surface area contributed by atoms with Gasteiger partial charge in [0.2, 0.25) is 0 Å². The molecule has 2 unspecified atom stereocenters. The first-order valence-electron chi connectivity index (χ1n) is 6.25. The van der Waals surface area contributed by atoms with Gasteiger partial charge in [-0.15, -0.1) is 0 Å². The summed E-state index contributed by atoms with van der Waals surface area (Å²) in [7, 11) is 2.32. The van der Waals surface area contributed by atoms with Gasteiger partial charge in [-0.1, -0.05) is 19.3 Å². The molecule has 0 bridgehead atoms. The molecule has 2 aliphatic rings. The van der Waals surface area contributed by atoms with Gasteiger partial charge in [0.15, 0.2) is 0 Å². The molecule has 2 nitrogen and oxygen atoms in total. The highest BCUT2D eigenvalue weighted by molar-refractivity contribution is 4.88. The van der Waals surface area contributed by atoms with Crippen molar-refractivity contribution in [3.05, 3.63) is 0 Å². The second-order valence-corrected chi connectivity index (χ2v) is 5.10. The number of hydrogen-bond donors (Lipinski definition) is 1. The monoisotopic (exact) mass is 196 g/mol. The van der Waals surface area contributed by atoms with Gasteiger partial charge < -0.3 is 10.6 Å². The molecule has 2 saturated carbocycles. The van der Waals surface area contributed by atoms with Gasteiger partial charge in [0.05, 0.1) is 0 Å². The van der Waals surface area contributed by atoms with Crippen LogP contribution in [0.4, 0.5) is 0 Å². The summed E-state index contributed by atoms with van der Waals surface area (Å²) in [5.41, 5.74) is 5.86. The minimum absolute atomic E-state index is 0.773. The highest BCUT2D eigenvalue weighted by Gasteiger charge is 2.33. The molecular weight excluding hydrogens is 172 g/mol. The van der Waals surface area contributed by atoms with E-state index >= 15 is 0 Å². The molecule has 14 heavy (non-hydrogen) atoms. The van der Waals surface area contributed by atoms with Crippen molar-refractivity contribution in [2.24, 2.45) is 11.7 Å². The molecule has 2 atom stereocenters. The minimum atomic E-state index is 0.773. The standard InChI is InChI=1S/C12H24N2/c1-14(11-6-4-7-11)12-8-3-2-5-10(12)9-13/h10-12H,2-9,13H2,1H3. The van der Waals surface area contributed by atoms with Crippen LogP contribution in [-0.2, 0) is 0 Å². The Kier molecular flexibility index (Phi) is 3.45. The predicted octanol–water partition coefficient (Wildman–Crippen LogP) is 1.99. The Labute approximate surface area is 87.8 Å². The second-order valence-electron chi connectivity index (χ2n) is 5.10. The first-order valence-corrected chi connectivity index (χ1v) is 6.25. The zero-order valence-corrected chi connectivity index (χ0v) is 9.41. The van der Waals surface area contributed by atoms with E-state index < -0.39 is 0 Å².